The molecule has 0 aromatic heterocycles. The van der Waals surface area contributed by atoms with Gasteiger partial charge in [0, 0.05) is 12.6 Å². The molecule has 11 heavy (non-hydrogen) atoms. The molecule has 1 fully saturated rings. The first-order valence-corrected chi connectivity index (χ1v) is 4.49. The van der Waals surface area contributed by atoms with Gasteiger partial charge in [-0.3, -0.25) is 0 Å². The summed E-state index contributed by atoms with van der Waals surface area (Å²) in [6, 6.07) is 0.412. The summed E-state index contributed by atoms with van der Waals surface area (Å²) in [5.74, 6) is 0.690. The lowest BCUT2D eigenvalue weighted by molar-refractivity contribution is 0.113. The van der Waals surface area contributed by atoms with Crippen molar-refractivity contribution in [2.75, 3.05) is 13.6 Å². The predicted octanol–water partition coefficient (Wildman–Crippen LogP) is 1.10. The van der Waals surface area contributed by atoms with Gasteiger partial charge in [-0.25, -0.2) is 0 Å². The first-order valence-electron chi connectivity index (χ1n) is 4.49. The van der Waals surface area contributed by atoms with E-state index >= 15 is 0 Å². The topological polar surface area (TPSA) is 23.5 Å². The molecule has 0 aromatic carbocycles. The van der Waals surface area contributed by atoms with Crippen LogP contribution in [0.4, 0.5) is 0 Å². The van der Waals surface area contributed by atoms with Crippen LogP contribution < -0.4 is 0 Å². The molecular formula is C9H19NO. The second-order valence-electron chi connectivity index (χ2n) is 4.03. The molecule has 1 N–H and O–H groups in total. The molecule has 0 amide bonds. The van der Waals surface area contributed by atoms with Crippen molar-refractivity contribution < 1.29 is 5.11 Å². The fraction of sp³-hybridized carbons (Fsp3) is 1.00. The Bertz CT molecular complexity index is 115. The third-order valence-electron chi connectivity index (χ3n) is 2.50. The van der Waals surface area contributed by atoms with Gasteiger partial charge in [0.2, 0.25) is 0 Å². The summed E-state index contributed by atoms with van der Waals surface area (Å²) in [5.41, 5.74) is 0. The van der Waals surface area contributed by atoms with Crippen LogP contribution in [0.1, 0.15) is 26.7 Å². The molecule has 66 valence electrons. The zero-order chi connectivity index (χ0) is 8.43. The SMILES string of the molecule is CC(C)C[C@@H]1C(O)CCN1C. The monoisotopic (exact) mass is 157 g/mol. The smallest absolute Gasteiger partial charge is 0.0707 e. The minimum absolute atomic E-state index is 0.0811. The van der Waals surface area contributed by atoms with Crippen LogP contribution in [-0.2, 0) is 0 Å². The first kappa shape index (κ1) is 9.01. The van der Waals surface area contributed by atoms with Crippen LogP contribution in [0.2, 0.25) is 0 Å². The van der Waals surface area contributed by atoms with Crippen LogP contribution in [0.5, 0.6) is 0 Å². The van der Waals surface area contributed by atoms with Gasteiger partial charge in [0.05, 0.1) is 6.10 Å². The lowest BCUT2D eigenvalue weighted by atomic mass is 10.0. The zero-order valence-corrected chi connectivity index (χ0v) is 7.75. The summed E-state index contributed by atoms with van der Waals surface area (Å²) in [5, 5.41) is 9.57. The molecule has 0 aliphatic carbocycles. The van der Waals surface area contributed by atoms with Gasteiger partial charge in [-0.2, -0.15) is 0 Å². The number of likely N-dealkylation sites (N-methyl/N-ethyl adjacent to an activating group) is 1. The second kappa shape index (κ2) is 3.55. The summed E-state index contributed by atoms with van der Waals surface area (Å²) in [7, 11) is 2.10. The van der Waals surface area contributed by atoms with E-state index in [9.17, 15) is 5.11 Å². The Morgan fingerprint density at radius 1 is 1.55 bits per heavy atom. The van der Waals surface area contributed by atoms with Crippen molar-refractivity contribution in [1.29, 1.82) is 0 Å². The molecule has 2 heteroatoms. The molecule has 2 atom stereocenters. The summed E-state index contributed by atoms with van der Waals surface area (Å²) in [6.45, 7) is 5.47. The van der Waals surface area contributed by atoms with Crippen LogP contribution in [-0.4, -0.2) is 35.7 Å². The Balaban J connectivity index is 2.41. The summed E-state index contributed by atoms with van der Waals surface area (Å²) < 4.78 is 0. The highest BCUT2D eigenvalue weighted by molar-refractivity contribution is 4.85. The van der Waals surface area contributed by atoms with Crippen LogP contribution in [0.15, 0.2) is 0 Å². The molecule has 1 aliphatic heterocycles. The molecule has 0 saturated carbocycles. The molecule has 1 unspecified atom stereocenters. The first-order chi connectivity index (χ1) is 5.11. The normalized spacial score (nSPS) is 33.5. The number of rotatable bonds is 2. The molecule has 1 rings (SSSR count). The van der Waals surface area contributed by atoms with Crippen LogP contribution in [0.3, 0.4) is 0 Å². The minimum atomic E-state index is -0.0811. The largest absolute Gasteiger partial charge is 0.391 e. The highest BCUT2D eigenvalue weighted by Gasteiger charge is 2.29. The number of aliphatic hydroxyl groups is 1. The molecule has 0 radical (unpaired) electrons. The van der Waals surface area contributed by atoms with Crippen LogP contribution in [0, 0.1) is 5.92 Å². The van der Waals surface area contributed by atoms with E-state index in [1.807, 2.05) is 0 Å². The lowest BCUT2D eigenvalue weighted by Crippen LogP contribution is -2.33. The van der Waals surface area contributed by atoms with Crippen LogP contribution >= 0.6 is 0 Å². The van der Waals surface area contributed by atoms with E-state index in [1.54, 1.807) is 0 Å². The van der Waals surface area contributed by atoms with Gasteiger partial charge in [-0.05, 0) is 25.8 Å². The Hall–Kier alpha value is -0.0800. The summed E-state index contributed by atoms with van der Waals surface area (Å²) >= 11 is 0. The zero-order valence-electron chi connectivity index (χ0n) is 7.75. The van der Waals surface area contributed by atoms with E-state index in [4.69, 9.17) is 0 Å². The second-order valence-corrected chi connectivity index (χ2v) is 4.03. The van der Waals surface area contributed by atoms with Crippen molar-refractivity contribution >= 4 is 0 Å². The molecule has 0 aromatic rings. The number of hydrogen-bond acceptors (Lipinski definition) is 2. The van der Waals surface area contributed by atoms with E-state index < -0.39 is 0 Å². The van der Waals surface area contributed by atoms with E-state index in [0.717, 1.165) is 19.4 Å². The third-order valence-corrected chi connectivity index (χ3v) is 2.50. The standard InChI is InChI=1S/C9H19NO/c1-7(2)6-8-9(11)4-5-10(8)3/h7-9,11H,4-6H2,1-3H3/t8-,9?/m1/s1. The molecule has 0 spiro atoms. The van der Waals surface area contributed by atoms with Crippen molar-refractivity contribution in [3.63, 3.8) is 0 Å². The van der Waals surface area contributed by atoms with Crippen molar-refractivity contribution in [2.45, 2.75) is 38.8 Å². The Kier molecular flexibility index (Phi) is 2.90. The highest BCUT2D eigenvalue weighted by Crippen LogP contribution is 2.21. The van der Waals surface area contributed by atoms with Crippen LogP contribution in [0.25, 0.3) is 0 Å². The maximum absolute atomic E-state index is 9.57. The van der Waals surface area contributed by atoms with E-state index in [-0.39, 0.29) is 6.10 Å². The average Bonchev–Trinajstić information content (AvgIpc) is 2.18. The Labute approximate surface area is 69.2 Å². The predicted molar refractivity (Wildman–Crippen MR) is 46.5 cm³/mol. The van der Waals surface area contributed by atoms with E-state index in [1.165, 1.54) is 0 Å². The minimum Gasteiger partial charge on any atom is -0.391 e. The van der Waals surface area contributed by atoms with Gasteiger partial charge in [0.25, 0.3) is 0 Å². The maximum Gasteiger partial charge on any atom is 0.0707 e. The quantitative estimate of drug-likeness (QED) is 0.649. The van der Waals surface area contributed by atoms with Crippen molar-refractivity contribution in [2.24, 2.45) is 5.92 Å². The van der Waals surface area contributed by atoms with Gasteiger partial charge in [0.15, 0.2) is 0 Å². The Morgan fingerprint density at radius 2 is 2.18 bits per heavy atom. The highest BCUT2D eigenvalue weighted by atomic mass is 16.3. The number of aliphatic hydroxyl groups excluding tert-OH is 1. The molecule has 1 heterocycles. The van der Waals surface area contributed by atoms with Gasteiger partial charge in [-0.15, -0.1) is 0 Å². The van der Waals surface area contributed by atoms with Crippen molar-refractivity contribution in [1.82, 2.24) is 4.90 Å². The average molecular weight is 157 g/mol. The number of hydrogen-bond donors (Lipinski definition) is 1. The fourth-order valence-electron chi connectivity index (χ4n) is 1.81. The fourth-order valence-corrected chi connectivity index (χ4v) is 1.81. The van der Waals surface area contributed by atoms with Gasteiger partial charge in [0.1, 0.15) is 0 Å². The van der Waals surface area contributed by atoms with E-state index in [2.05, 4.69) is 25.8 Å². The number of nitrogens with zero attached hydrogens (tertiary/aromatic N) is 1. The van der Waals surface area contributed by atoms with Crippen molar-refractivity contribution in [3.8, 4) is 0 Å². The lowest BCUT2D eigenvalue weighted by Gasteiger charge is -2.23. The Morgan fingerprint density at radius 3 is 2.55 bits per heavy atom. The van der Waals surface area contributed by atoms with E-state index in [0.29, 0.717) is 12.0 Å². The molecule has 1 saturated heterocycles. The molecule has 0 bridgehead atoms. The van der Waals surface area contributed by atoms with Crippen molar-refractivity contribution in [3.05, 3.63) is 0 Å². The summed E-state index contributed by atoms with van der Waals surface area (Å²) in [6.07, 6.45) is 1.99. The van der Waals surface area contributed by atoms with Gasteiger partial charge < -0.3 is 10.0 Å². The number of likely N-dealkylation sites (tertiary alicyclic amines) is 1. The maximum atomic E-state index is 9.57. The summed E-state index contributed by atoms with van der Waals surface area (Å²) in [4.78, 5) is 2.27. The third kappa shape index (κ3) is 2.17. The molecule has 2 nitrogen and oxygen atoms in total. The van der Waals surface area contributed by atoms with Gasteiger partial charge >= 0.3 is 0 Å². The molecule has 1 aliphatic rings. The molecular weight excluding hydrogens is 138 g/mol. The van der Waals surface area contributed by atoms with Gasteiger partial charge in [-0.1, -0.05) is 13.8 Å².